The molecule has 0 saturated carbocycles. The highest BCUT2D eigenvalue weighted by molar-refractivity contribution is 6.31. The van der Waals surface area contributed by atoms with Crippen molar-refractivity contribution in [2.45, 2.75) is 109 Å². The largest absolute Gasteiger partial charge is 0.389 e. The Kier molecular flexibility index (Phi) is 36.0. The normalized spacial score (nSPS) is 17.2. The number of β-amino-alcohol motifs (C(OH)–C–C–N with tert-alkyl or cyclic N) is 1. The van der Waals surface area contributed by atoms with Crippen LogP contribution in [0.4, 0.5) is 84.5 Å². The van der Waals surface area contributed by atoms with Gasteiger partial charge in [0, 0.05) is 137 Å². The van der Waals surface area contributed by atoms with Gasteiger partial charge < -0.3 is 55.8 Å². The lowest BCUT2D eigenvalue weighted by Crippen LogP contribution is -2.53. The highest BCUT2D eigenvalue weighted by Gasteiger charge is 2.36. The molecule has 5 fully saturated rings. The van der Waals surface area contributed by atoms with E-state index in [2.05, 4.69) is 92.7 Å². The van der Waals surface area contributed by atoms with Crippen molar-refractivity contribution in [2.75, 3.05) is 123 Å². The van der Waals surface area contributed by atoms with E-state index in [0.29, 0.717) is 102 Å². The summed E-state index contributed by atoms with van der Waals surface area (Å²) in [5, 5.41) is 25.9. The van der Waals surface area contributed by atoms with E-state index in [1.807, 2.05) is 89.2 Å². The van der Waals surface area contributed by atoms with Crippen LogP contribution in [0.25, 0.3) is 0 Å². The molecule has 5 N–H and O–H groups in total. The van der Waals surface area contributed by atoms with Gasteiger partial charge in [0.2, 0.25) is 29.7 Å². The SMILES string of the molecule is CC.C[C@@H]1CN(c2ccc(F)cc2)CCN1c1ncn(Cc2ccc(Cl)cc2)c(=O)n1.O=c1nc(NC2CCN(c3ccc(F)cc3)C2)ncn1Cc1ccc(Cl)cc1.O=c1nc(N[C@@H]2CCN(c3ccc(F)cc3)C2)ncn1Cc1ccc(Cl)cc1.O=c1nc(N[C@@H]2CN(c3ccc(F)cc3)C[C@H]2F)ncn1Cc1ccc(Cl)cc1.O=c1nc(N[C@@H]2CN(c3ccc(F)cc3)C[C@H]2O)ncn1Cc1ccc(Cl)cc1. The molecule has 42 heteroatoms. The number of nitrogens with zero attached hydrogens (tertiary/aromatic N) is 21. The van der Waals surface area contributed by atoms with Gasteiger partial charge in [-0.2, -0.15) is 24.9 Å². The smallest absolute Gasteiger partial charge is 0.352 e. The van der Waals surface area contributed by atoms with E-state index in [1.54, 1.807) is 128 Å². The molecule has 0 aliphatic carbocycles. The maximum Gasteiger partial charge on any atom is 0.352 e. The highest BCUT2D eigenvalue weighted by atomic mass is 35.5. The lowest BCUT2D eigenvalue weighted by Gasteiger charge is -2.40. The molecule has 752 valence electrons. The maximum absolute atomic E-state index is 14.5. The zero-order valence-corrected chi connectivity index (χ0v) is 82.6. The first-order valence-corrected chi connectivity index (χ1v) is 48.5. The van der Waals surface area contributed by atoms with Crippen molar-refractivity contribution in [1.82, 2.24) is 72.7 Å². The second-order valence-corrected chi connectivity index (χ2v) is 36.7. The summed E-state index contributed by atoms with van der Waals surface area (Å²) in [5.74, 6) is -0.0605. The molecule has 0 amide bonds. The van der Waals surface area contributed by atoms with Crippen LogP contribution < -0.4 is 79.1 Å². The minimum atomic E-state index is -1.18. The standard InChI is InChI=1S/C21H21ClFN5O.C20H18ClF2N5O.C20H19ClFN5O2.2C20H19ClFN5O.C2H6/c1-15-12-26(19-8-6-18(23)7-9-19)10-11-28(15)20-24-14-27(21(29)25-20)13-16-2-4-17(22)5-3-16;21-14-3-1-13(2-4-14)9-28-12-24-19(26-20(28)29)25-18-11-27(10-17(18)23)16-7-5-15(22)6-8-16;21-14-3-1-13(2-4-14)9-27-12-23-19(25-20(27)29)24-17-10-26(11-18(17)28)16-7-5-15(22)6-8-16;2*21-15-3-1-14(2-4-15)11-27-13-23-19(25-20(27)28)24-17-9-10-26(12-17)18-7-5-16(22)6-8-18;1-2/h2-9,14-15H,10-13H2,1H3;1-8,12,17-18H,9-11H2,(H,25,26,29);1-8,12,17-18,28H,9-11H2,(H,24,25,29);2*1-8,13,17H,9-12H2,(H,24,25,28);1-2H3/t15-;2*17-,18-;17-;;/m1111../s1. The molecule has 0 spiro atoms. The molecule has 15 aromatic rings. The first kappa shape index (κ1) is 105. The Labute approximate surface area is 855 Å². The van der Waals surface area contributed by atoms with E-state index >= 15 is 0 Å². The van der Waals surface area contributed by atoms with Crippen molar-refractivity contribution in [3.8, 4) is 0 Å². The Morgan fingerprint density at radius 2 is 0.566 bits per heavy atom. The van der Waals surface area contributed by atoms with Gasteiger partial charge in [-0.15, -0.1) is 0 Å². The third kappa shape index (κ3) is 29.7. The monoisotopic (exact) mass is 2070 g/mol. The molecule has 20 rings (SSSR count). The number of piperazine rings is 1. The molecule has 5 saturated heterocycles. The number of aromatic nitrogens is 15. The van der Waals surface area contributed by atoms with E-state index in [4.69, 9.17) is 58.0 Å². The molecule has 0 radical (unpaired) electrons. The minimum absolute atomic E-state index is 0.0796. The molecular weight excluding hydrogens is 1970 g/mol. The van der Waals surface area contributed by atoms with Crippen LogP contribution >= 0.6 is 58.0 Å². The topological polar surface area (TPSA) is 327 Å². The van der Waals surface area contributed by atoms with Crippen molar-refractivity contribution in [1.29, 1.82) is 0 Å². The van der Waals surface area contributed by atoms with Gasteiger partial charge in [-0.05, 0) is 230 Å². The number of hydrogen-bond acceptors (Lipinski definition) is 26. The van der Waals surface area contributed by atoms with Crippen LogP contribution in [0.5, 0.6) is 0 Å². The summed E-state index contributed by atoms with van der Waals surface area (Å²) in [6.07, 6.45) is 7.25. The highest BCUT2D eigenvalue weighted by Crippen LogP contribution is 2.30. The number of rotatable bonds is 24. The summed E-state index contributed by atoms with van der Waals surface area (Å²) in [4.78, 5) is 116. The number of hydrogen-bond donors (Lipinski definition) is 5. The van der Waals surface area contributed by atoms with Crippen molar-refractivity contribution >= 4 is 116 Å². The molecule has 31 nitrogen and oxygen atoms in total. The third-order valence-corrected chi connectivity index (χ3v) is 25.5. The molecule has 5 aromatic heterocycles. The van der Waals surface area contributed by atoms with Crippen LogP contribution in [-0.2, 0) is 32.7 Å². The summed E-state index contributed by atoms with van der Waals surface area (Å²) < 4.78 is 87.1. The Bertz CT molecular complexity index is 6700. The summed E-state index contributed by atoms with van der Waals surface area (Å²) in [6, 6.07) is 67.1. The Hall–Kier alpha value is -14.8. The number of alkyl halides is 1. The van der Waals surface area contributed by atoms with Crippen molar-refractivity contribution in [2.24, 2.45) is 0 Å². The molecule has 5 aliphatic heterocycles. The summed E-state index contributed by atoms with van der Waals surface area (Å²) in [5.41, 5.74) is 7.13. The molecule has 5 aliphatic rings. The second kappa shape index (κ2) is 50.0. The van der Waals surface area contributed by atoms with Gasteiger partial charge in [0.1, 0.15) is 66.9 Å². The molecule has 145 heavy (non-hydrogen) atoms. The fourth-order valence-corrected chi connectivity index (χ4v) is 17.2. The van der Waals surface area contributed by atoms with Gasteiger partial charge in [0.05, 0.1) is 57.5 Å². The van der Waals surface area contributed by atoms with Crippen molar-refractivity contribution < 1.29 is 31.4 Å². The van der Waals surface area contributed by atoms with Crippen LogP contribution in [0.2, 0.25) is 25.1 Å². The Morgan fingerprint density at radius 1 is 0.303 bits per heavy atom. The average molecular weight is 2080 g/mol. The van der Waals surface area contributed by atoms with Gasteiger partial charge in [0.15, 0.2) is 0 Å². The predicted molar refractivity (Wildman–Crippen MR) is 555 cm³/mol. The van der Waals surface area contributed by atoms with Crippen LogP contribution in [-0.4, -0.2) is 192 Å². The number of aliphatic hydroxyl groups excluding tert-OH is 1. The average Bonchev–Trinajstić information content (AvgIpc) is 0.930. The summed E-state index contributed by atoms with van der Waals surface area (Å²) in [6.45, 7) is 14.6. The first-order chi connectivity index (χ1) is 70.1. The fraction of sp³-hybridized carbons (Fsp3) is 0.272. The van der Waals surface area contributed by atoms with Crippen molar-refractivity contribution in [3.63, 3.8) is 0 Å². The second-order valence-electron chi connectivity index (χ2n) is 34.5. The summed E-state index contributed by atoms with van der Waals surface area (Å²) in [7, 11) is 0. The van der Waals surface area contributed by atoms with Crippen LogP contribution in [0.15, 0.2) is 298 Å². The summed E-state index contributed by atoms with van der Waals surface area (Å²) >= 11 is 29.4. The number of benzene rings is 10. The molecular formula is C103H102Cl5F6N25O6. The number of halogens is 11. The molecule has 0 bridgehead atoms. The van der Waals surface area contributed by atoms with E-state index in [-0.39, 0.29) is 88.8 Å². The van der Waals surface area contributed by atoms with Gasteiger partial charge in [0.25, 0.3) is 0 Å². The number of aliphatic hydroxyl groups is 1. The molecule has 10 aromatic carbocycles. The zero-order chi connectivity index (χ0) is 102. The van der Waals surface area contributed by atoms with Gasteiger partial charge in [-0.25, -0.2) is 75.2 Å². The van der Waals surface area contributed by atoms with E-state index in [0.717, 1.165) is 108 Å². The van der Waals surface area contributed by atoms with Crippen LogP contribution in [0.1, 0.15) is 61.4 Å². The van der Waals surface area contributed by atoms with Gasteiger partial charge >= 0.3 is 28.4 Å². The third-order valence-electron chi connectivity index (χ3n) is 24.2. The van der Waals surface area contributed by atoms with Gasteiger partial charge in [-0.1, -0.05) is 133 Å². The number of anilines is 10. The Balaban J connectivity index is 0.000000136. The predicted octanol–water partition coefficient (Wildman–Crippen LogP) is 15.8. The molecule has 1 unspecified atom stereocenters. The quantitative estimate of drug-likeness (QED) is 0.0351. The van der Waals surface area contributed by atoms with Crippen LogP contribution in [0, 0.1) is 29.1 Å². The fourth-order valence-electron chi connectivity index (χ4n) is 16.6. The number of nitrogens with one attached hydrogen (secondary N) is 4. The van der Waals surface area contributed by atoms with E-state index < -0.39 is 29.7 Å². The molecule has 7 atom stereocenters. The first-order valence-electron chi connectivity index (χ1n) is 46.7. The van der Waals surface area contributed by atoms with Crippen LogP contribution in [0.3, 0.4) is 0 Å². The lowest BCUT2D eigenvalue weighted by molar-refractivity contribution is 0.186. The van der Waals surface area contributed by atoms with E-state index in [9.17, 15) is 55.4 Å². The Morgan fingerprint density at radius 3 is 0.862 bits per heavy atom. The van der Waals surface area contributed by atoms with Crippen molar-refractivity contribution in [3.05, 3.63) is 409 Å². The van der Waals surface area contributed by atoms with Gasteiger partial charge in [-0.3, -0.25) is 22.8 Å². The van der Waals surface area contributed by atoms with E-state index in [1.165, 1.54) is 109 Å². The lowest BCUT2D eigenvalue weighted by atomic mass is 10.1. The maximum atomic E-state index is 14.5. The zero-order valence-electron chi connectivity index (χ0n) is 78.8. The molecule has 10 heterocycles. The minimum Gasteiger partial charge on any atom is -0.389 e.